The minimum absolute atomic E-state index is 0.0530. The van der Waals surface area contributed by atoms with E-state index >= 15 is 0 Å². The van der Waals surface area contributed by atoms with Gasteiger partial charge in [0.2, 0.25) is 5.91 Å². The van der Waals surface area contributed by atoms with E-state index < -0.39 is 23.8 Å². The average Bonchev–Trinajstić information content (AvgIpc) is 2.92. The molecule has 7 heteroatoms. The Balaban J connectivity index is 1.65. The highest BCUT2D eigenvalue weighted by molar-refractivity contribution is 6.00. The van der Waals surface area contributed by atoms with Crippen LogP contribution in [0.25, 0.3) is 0 Å². The highest BCUT2D eigenvalue weighted by Gasteiger charge is 2.52. The topological polar surface area (TPSA) is 49.8 Å². The van der Waals surface area contributed by atoms with Crippen molar-refractivity contribution >= 4 is 11.6 Å². The summed E-state index contributed by atoms with van der Waals surface area (Å²) < 4.78 is 41.4. The Kier molecular flexibility index (Phi) is 5.18. The third-order valence-electron chi connectivity index (χ3n) is 6.21. The van der Waals surface area contributed by atoms with Crippen LogP contribution in [0.15, 0.2) is 24.3 Å². The standard InChI is InChI=1S/C20H26F3NO3/c1-14(2)19(26)9-7-18(8-10-19)11-12-24(17(18)25)15-3-5-16(6-4-15)27-13-20(21,22)23/h3-6,14,26H,7-13H2,1-2H3. The number of hydrogen-bond donors (Lipinski definition) is 1. The molecule has 2 fully saturated rings. The van der Waals surface area contributed by atoms with Gasteiger partial charge < -0.3 is 14.7 Å². The maximum Gasteiger partial charge on any atom is 0.422 e. The first-order valence-corrected chi connectivity index (χ1v) is 9.39. The number of carbonyl (C=O) groups excluding carboxylic acids is 1. The summed E-state index contributed by atoms with van der Waals surface area (Å²) in [5, 5.41) is 10.7. The SMILES string of the molecule is CC(C)C1(O)CCC2(CCN(c3ccc(OCC(F)(F)F)cc3)C2=O)CC1. The molecule has 4 nitrogen and oxygen atoms in total. The molecule has 1 N–H and O–H groups in total. The molecule has 2 aliphatic rings. The second-order valence-electron chi connectivity index (χ2n) is 8.14. The van der Waals surface area contributed by atoms with Gasteiger partial charge in [0.05, 0.1) is 11.0 Å². The fourth-order valence-electron chi connectivity index (χ4n) is 4.16. The zero-order chi connectivity index (χ0) is 19.9. The molecule has 27 heavy (non-hydrogen) atoms. The van der Waals surface area contributed by atoms with Gasteiger partial charge in [0.15, 0.2) is 6.61 Å². The Morgan fingerprint density at radius 2 is 1.70 bits per heavy atom. The molecule has 1 amide bonds. The molecular weight excluding hydrogens is 359 g/mol. The number of ether oxygens (including phenoxy) is 1. The summed E-state index contributed by atoms with van der Waals surface area (Å²) in [5.41, 5.74) is -0.455. The lowest BCUT2D eigenvalue weighted by Crippen LogP contribution is -2.46. The summed E-state index contributed by atoms with van der Waals surface area (Å²) in [6.07, 6.45) is -1.06. The van der Waals surface area contributed by atoms with Crippen molar-refractivity contribution in [2.45, 2.75) is 57.7 Å². The Hall–Kier alpha value is -1.76. The van der Waals surface area contributed by atoms with Crippen molar-refractivity contribution in [2.75, 3.05) is 18.1 Å². The second-order valence-corrected chi connectivity index (χ2v) is 8.14. The molecule has 1 spiro atoms. The Bertz CT molecular complexity index is 677. The fourth-order valence-corrected chi connectivity index (χ4v) is 4.16. The number of hydrogen-bond acceptors (Lipinski definition) is 3. The van der Waals surface area contributed by atoms with Crippen molar-refractivity contribution < 1.29 is 27.8 Å². The summed E-state index contributed by atoms with van der Waals surface area (Å²) in [5.74, 6) is 0.334. The van der Waals surface area contributed by atoms with Crippen LogP contribution in [-0.2, 0) is 4.79 Å². The highest BCUT2D eigenvalue weighted by atomic mass is 19.4. The Morgan fingerprint density at radius 1 is 1.11 bits per heavy atom. The summed E-state index contributed by atoms with van der Waals surface area (Å²) in [7, 11) is 0. The number of benzene rings is 1. The number of carbonyl (C=O) groups is 1. The second kappa shape index (κ2) is 7.00. The number of alkyl halides is 3. The van der Waals surface area contributed by atoms with Crippen molar-refractivity contribution in [3.05, 3.63) is 24.3 Å². The lowest BCUT2D eigenvalue weighted by molar-refractivity contribution is -0.153. The molecule has 3 rings (SSSR count). The summed E-state index contributed by atoms with van der Waals surface area (Å²) in [4.78, 5) is 14.8. The fraction of sp³-hybridized carbons (Fsp3) is 0.650. The number of amides is 1. The molecule has 1 heterocycles. The molecule has 0 bridgehead atoms. The maximum absolute atomic E-state index is 13.1. The van der Waals surface area contributed by atoms with Crippen molar-refractivity contribution in [3.63, 3.8) is 0 Å². The van der Waals surface area contributed by atoms with E-state index in [1.54, 1.807) is 17.0 Å². The van der Waals surface area contributed by atoms with Gasteiger partial charge in [-0.25, -0.2) is 0 Å². The molecule has 150 valence electrons. The summed E-state index contributed by atoms with van der Waals surface area (Å²) in [6.45, 7) is 3.25. The first-order valence-electron chi connectivity index (χ1n) is 9.39. The van der Waals surface area contributed by atoms with Crippen LogP contribution in [0.3, 0.4) is 0 Å². The van der Waals surface area contributed by atoms with Gasteiger partial charge in [-0.2, -0.15) is 13.2 Å². The van der Waals surface area contributed by atoms with Gasteiger partial charge in [-0.05, 0) is 62.3 Å². The summed E-state index contributed by atoms with van der Waals surface area (Å²) >= 11 is 0. The van der Waals surface area contributed by atoms with E-state index in [4.69, 9.17) is 4.74 Å². The maximum atomic E-state index is 13.1. The van der Waals surface area contributed by atoms with Crippen LogP contribution in [0.1, 0.15) is 46.0 Å². The van der Waals surface area contributed by atoms with Gasteiger partial charge in [0.25, 0.3) is 0 Å². The Labute approximate surface area is 157 Å². The van der Waals surface area contributed by atoms with Crippen molar-refractivity contribution in [1.82, 2.24) is 0 Å². The van der Waals surface area contributed by atoms with E-state index in [1.165, 1.54) is 12.1 Å². The zero-order valence-corrected chi connectivity index (χ0v) is 15.7. The van der Waals surface area contributed by atoms with Crippen LogP contribution in [0.4, 0.5) is 18.9 Å². The van der Waals surface area contributed by atoms with E-state index in [0.717, 1.165) is 6.42 Å². The van der Waals surface area contributed by atoms with Crippen molar-refractivity contribution in [1.29, 1.82) is 0 Å². The predicted octanol–water partition coefficient (Wildman–Crippen LogP) is 4.31. The van der Waals surface area contributed by atoms with Crippen LogP contribution < -0.4 is 9.64 Å². The van der Waals surface area contributed by atoms with Gasteiger partial charge in [-0.15, -0.1) is 0 Å². The van der Waals surface area contributed by atoms with Gasteiger partial charge in [0.1, 0.15) is 5.75 Å². The minimum atomic E-state index is -4.38. The number of rotatable bonds is 4. The molecule has 1 aromatic rings. The van der Waals surface area contributed by atoms with E-state index in [2.05, 4.69) is 0 Å². The first-order chi connectivity index (χ1) is 12.5. The molecule has 0 aromatic heterocycles. The molecule has 0 atom stereocenters. The van der Waals surface area contributed by atoms with Gasteiger partial charge in [0, 0.05) is 12.2 Å². The van der Waals surface area contributed by atoms with E-state index in [0.29, 0.717) is 37.9 Å². The van der Waals surface area contributed by atoms with Crippen LogP contribution >= 0.6 is 0 Å². The Morgan fingerprint density at radius 3 is 2.22 bits per heavy atom. The largest absolute Gasteiger partial charge is 0.484 e. The van der Waals surface area contributed by atoms with Crippen molar-refractivity contribution in [3.8, 4) is 5.75 Å². The number of halogens is 3. The molecular formula is C20H26F3NO3. The van der Waals surface area contributed by atoms with Crippen LogP contribution in [0, 0.1) is 11.3 Å². The van der Waals surface area contributed by atoms with E-state index in [9.17, 15) is 23.1 Å². The molecule has 1 aliphatic carbocycles. The molecule has 1 aliphatic heterocycles. The molecule has 0 radical (unpaired) electrons. The molecule has 0 unspecified atom stereocenters. The third kappa shape index (κ3) is 4.08. The lowest BCUT2D eigenvalue weighted by atomic mass is 9.65. The van der Waals surface area contributed by atoms with Crippen molar-refractivity contribution in [2.24, 2.45) is 11.3 Å². The van der Waals surface area contributed by atoms with Gasteiger partial charge >= 0.3 is 6.18 Å². The monoisotopic (exact) mass is 385 g/mol. The van der Waals surface area contributed by atoms with E-state index in [1.807, 2.05) is 13.8 Å². The minimum Gasteiger partial charge on any atom is -0.484 e. The lowest BCUT2D eigenvalue weighted by Gasteiger charge is -2.43. The third-order valence-corrected chi connectivity index (χ3v) is 6.21. The predicted molar refractivity (Wildman–Crippen MR) is 95.7 cm³/mol. The smallest absolute Gasteiger partial charge is 0.422 e. The van der Waals surface area contributed by atoms with E-state index in [-0.39, 0.29) is 17.6 Å². The highest BCUT2D eigenvalue weighted by Crippen LogP contribution is 2.50. The normalized spacial score (nSPS) is 29.0. The number of nitrogens with zero attached hydrogens (tertiary/aromatic N) is 1. The molecule has 1 saturated carbocycles. The van der Waals surface area contributed by atoms with Crippen LogP contribution in [-0.4, -0.2) is 35.9 Å². The molecule has 1 aromatic carbocycles. The molecule has 1 saturated heterocycles. The number of anilines is 1. The summed E-state index contributed by atoms with van der Waals surface area (Å²) in [6, 6.07) is 6.15. The van der Waals surface area contributed by atoms with Crippen LogP contribution in [0.2, 0.25) is 0 Å². The first kappa shape index (κ1) is 20.0. The van der Waals surface area contributed by atoms with Gasteiger partial charge in [-0.3, -0.25) is 4.79 Å². The number of aliphatic hydroxyl groups is 1. The van der Waals surface area contributed by atoms with Crippen LogP contribution in [0.5, 0.6) is 5.75 Å². The average molecular weight is 385 g/mol. The van der Waals surface area contributed by atoms with Gasteiger partial charge in [-0.1, -0.05) is 13.8 Å². The zero-order valence-electron chi connectivity index (χ0n) is 15.7. The quantitative estimate of drug-likeness (QED) is 0.840.